The number of thiol groups is 1. The maximum atomic E-state index is 5.85. The van der Waals surface area contributed by atoms with Crippen molar-refractivity contribution in [2.24, 2.45) is 0 Å². The zero-order valence-corrected chi connectivity index (χ0v) is 11.9. The smallest absolute Gasteiger partial charge is 0.383 e. The van der Waals surface area contributed by atoms with Gasteiger partial charge in [0.25, 0.3) is 0 Å². The second-order valence-corrected chi connectivity index (χ2v) is 7.73. The molecule has 1 aromatic rings. The molecule has 1 rings (SSSR count). The van der Waals surface area contributed by atoms with Crippen LogP contribution in [0.4, 0.5) is 0 Å². The van der Waals surface area contributed by atoms with E-state index in [0.717, 1.165) is 18.0 Å². The van der Waals surface area contributed by atoms with Crippen molar-refractivity contribution in [2.45, 2.75) is 26.7 Å². The van der Waals surface area contributed by atoms with Gasteiger partial charge >= 0.3 is 7.71 Å². The Morgan fingerprint density at radius 2 is 1.50 bits per heavy atom. The lowest BCUT2D eigenvalue weighted by atomic mass is 10.4. The summed E-state index contributed by atoms with van der Waals surface area (Å²) in [6.45, 7) is 5.59. The van der Waals surface area contributed by atoms with Crippen molar-refractivity contribution in [3.63, 3.8) is 0 Å². The summed E-state index contributed by atoms with van der Waals surface area (Å²) in [6, 6.07) is 10.1. The van der Waals surface area contributed by atoms with Crippen molar-refractivity contribution in [1.82, 2.24) is 0 Å². The van der Waals surface area contributed by atoms with Gasteiger partial charge in [-0.25, -0.2) is 0 Å². The van der Waals surface area contributed by atoms with Crippen LogP contribution in [-0.4, -0.2) is 20.9 Å². The van der Waals surface area contributed by atoms with E-state index in [1.54, 1.807) is 0 Å². The Balaban J connectivity index is 2.77. The fourth-order valence-electron chi connectivity index (χ4n) is 1.34. The van der Waals surface area contributed by atoms with E-state index in [-0.39, 0.29) is 0 Å². The van der Waals surface area contributed by atoms with Gasteiger partial charge in [0.1, 0.15) is 0 Å². The first-order valence-corrected chi connectivity index (χ1v) is 8.89. The number of benzene rings is 1. The van der Waals surface area contributed by atoms with Gasteiger partial charge in [0.05, 0.1) is 0 Å². The molecule has 0 aliphatic rings. The van der Waals surface area contributed by atoms with Gasteiger partial charge < -0.3 is 8.85 Å². The molecule has 0 saturated heterocycles. The highest BCUT2D eigenvalue weighted by Crippen LogP contribution is 2.13. The van der Waals surface area contributed by atoms with Crippen molar-refractivity contribution in [3.8, 4) is 0 Å². The third kappa shape index (κ3) is 3.94. The largest absolute Gasteiger partial charge is 0.437 e. The SMILES string of the molecule is CCCO[Si](S)(OCCC)c1ccccc1. The Kier molecular flexibility index (Phi) is 6.12. The minimum atomic E-state index is -2.47. The molecule has 0 fully saturated rings. The molecule has 0 amide bonds. The molecular formula is C12H20O2SSi. The molecule has 4 heteroatoms. The van der Waals surface area contributed by atoms with E-state index in [1.165, 1.54) is 0 Å². The van der Waals surface area contributed by atoms with Crippen LogP contribution in [0.5, 0.6) is 0 Å². The van der Waals surface area contributed by atoms with Gasteiger partial charge in [-0.05, 0) is 12.8 Å². The first-order valence-electron chi connectivity index (χ1n) is 5.78. The van der Waals surface area contributed by atoms with E-state index in [1.807, 2.05) is 30.3 Å². The summed E-state index contributed by atoms with van der Waals surface area (Å²) in [4.78, 5) is 0. The second-order valence-electron chi connectivity index (χ2n) is 3.64. The Bertz CT molecular complexity index is 284. The van der Waals surface area contributed by atoms with Crippen LogP contribution in [0.15, 0.2) is 30.3 Å². The fraction of sp³-hybridized carbons (Fsp3) is 0.500. The summed E-state index contributed by atoms with van der Waals surface area (Å²) >= 11 is 4.67. The molecule has 0 aliphatic carbocycles. The van der Waals surface area contributed by atoms with Gasteiger partial charge in [-0.2, -0.15) is 0 Å². The van der Waals surface area contributed by atoms with Gasteiger partial charge in [-0.15, -0.1) is 12.1 Å². The quantitative estimate of drug-likeness (QED) is 0.597. The van der Waals surface area contributed by atoms with Crippen molar-refractivity contribution in [1.29, 1.82) is 0 Å². The van der Waals surface area contributed by atoms with Crippen molar-refractivity contribution in [3.05, 3.63) is 30.3 Å². The van der Waals surface area contributed by atoms with Crippen LogP contribution in [0.2, 0.25) is 0 Å². The van der Waals surface area contributed by atoms with E-state index in [4.69, 9.17) is 8.85 Å². The monoisotopic (exact) mass is 256 g/mol. The molecule has 0 unspecified atom stereocenters. The minimum Gasteiger partial charge on any atom is -0.383 e. The minimum absolute atomic E-state index is 0.703. The van der Waals surface area contributed by atoms with Gasteiger partial charge in [0.15, 0.2) is 0 Å². The lowest BCUT2D eigenvalue weighted by Crippen LogP contribution is -2.49. The highest BCUT2D eigenvalue weighted by molar-refractivity contribution is 8.14. The molecule has 0 saturated carbocycles. The standard InChI is InChI=1S/C12H20O2SSi/c1-3-10-13-16(15,14-11-4-2)12-8-6-5-7-9-12/h5-9,15H,3-4,10-11H2,1-2H3. The van der Waals surface area contributed by atoms with E-state index >= 15 is 0 Å². The van der Waals surface area contributed by atoms with Crippen LogP contribution >= 0.6 is 12.1 Å². The van der Waals surface area contributed by atoms with Crippen LogP contribution < -0.4 is 5.19 Å². The van der Waals surface area contributed by atoms with Crippen molar-refractivity contribution in [2.75, 3.05) is 13.2 Å². The molecular weight excluding hydrogens is 236 g/mol. The van der Waals surface area contributed by atoms with Gasteiger partial charge in [0, 0.05) is 18.4 Å². The predicted octanol–water partition coefficient (Wildman–Crippen LogP) is 2.62. The van der Waals surface area contributed by atoms with E-state index in [0.29, 0.717) is 13.2 Å². The second kappa shape index (κ2) is 7.11. The molecule has 0 aromatic heterocycles. The molecule has 0 bridgehead atoms. The lowest BCUT2D eigenvalue weighted by molar-refractivity contribution is 0.200. The molecule has 0 spiro atoms. The van der Waals surface area contributed by atoms with Crippen molar-refractivity contribution >= 4 is 25.0 Å². The third-order valence-corrected chi connectivity index (χ3v) is 5.95. The molecule has 90 valence electrons. The Hall–Kier alpha value is -0.293. The highest BCUT2D eigenvalue weighted by atomic mass is 32.3. The summed E-state index contributed by atoms with van der Waals surface area (Å²) in [5.41, 5.74) is 0. The van der Waals surface area contributed by atoms with Gasteiger partial charge in [0.2, 0.25) is 0 Å². The van der Waals surface area contributed by atoms with Crippen LogP contribution in [0.1, 0.15) is 26.7 Å². The summed E-state index contributed by atoms with van der Waals surface area (Å²) < 4.78 is 11.7. The molecule has 0 radical (unpaired) electrons. The summed E-state index contributed by atoms with van der Waals surface area (Å²) in [5, 5.41) is 1.08. The van der Waals surface area contributed by atoms with Crippen LogP contribution in [-0.2, 0) is 8.85 Å². The van der Waals surface area contributed by atoms with Crippen LogP contribution in [0, 0.1) is 0 Å². The average molecular weight is 256 g/mol. The van der Waals surface area contributed by atoms with Crippen LogP contribution in [0.25, 0.3) is 0 Å². The first kappa shape index (κ1) is 13.8. The number of hydrogen-bond donors (Lipinski definition) is 1. The van der Waals surface area contributed by atoms with E-state index in [2.05, 4.69) is 25.9 Å². The van der Waals surface area contributed by atoms with Crippen molar-refractivity contribution < 1.29 is 8.85 Å². The molecule has 16 heavy (non-hydrogen) atoms. The molecule has 2 nitrogen and oxygen atoms in total. The summed E-state index contributed by atoms with van der Waals surface area (Å²) in [6.07, 6.45) is 1.97. The maximum Gasteiger partial charge on any atom is 0.437 e. The molecule has 0 aliphatic heterocycles. The number of rotatable bonds is 7. The fourth-order valence-corrected chi connectivity index (χ4v) is 4.32. The maximum absolute atomic E-state index is 5.85. The van der Waals surface area contributed by atoms with Gasteiger partial charge in [-0.3, -0.25) is 0 Å². The first-order chi connectivity index (χ1) is 7.73. The Morgan fingerprint density at radius 1 is 1.00 bits per heavy atom. The van der Waals surface area contributed by atoms with Crippen LogP contribution in [0.3, 0.4) is 0 Å². The summed E-state index contributed by atoms with van der Waals surface area (Å²) in [5.74, 6) is 0. The molecule has 0 heterocycles. The van der Waals surface area contributed by atoms with E-state index < -0.39 is 7.71 Å². The molecule has 0 atom stereocenters. The zero-order valence-electron chi connectivity index (χ0n) is 9.98. The Morgan fingerprint density at radius 3 is 1.94 bits per heavy atom. The highest BCUT2D eigenvalue weighted by Gasteiger charge is 2.35. The van der Waals surface area contributed by atoms with Gasteiger partial charge in [-0.1, -0.05) is 44.2 Å². The van der Waals surface area contributed by atoms with E-state index in [9.17, 15) is 0 Å². The predicted molar refractivity (Wildman–Crippen MR) is 73.3 cm³/mol. The Labute approximate surface area is 104 Å². The lowest BCUT2D eigenvalue weighted by Gasteiger charge is -2.25. The summed E-state index contributed by atoms with van der Waals surface area (Å²) in [7, 11) is -2.47. The molecule has 0 N–H and O–H groups in total. The average Bonchev–Trinajstić information content (AvgIpc) is 2.35. The molecule has 1 aromatic carbocycles. The third-order valence-electron chi connectivity index (χ3n) is 2.14. The normalized spacial score (nSPS) is 11.7. The number of hydrogen-bond acceptors (Lipinski definition) is 3. The topological polar surface area (TPSA) is 18.5 Å². The zero-order chi connectivity index (χ0) is 11.9.